The van der Waals surface area contributed by atoms with E-state index in [0.29, 0.717) is 0 Å². The molecule has 0 radical (unpaired) electrons. The molecule has 1 aromatic rings. The number of rotatable bonds is 2. The number of nitrogens with one attached hydrogen (secondary N) is 1. The van der Waals surface area contributed by atoms with Crippen LogP contribution in [0.4, 0.5) is 13.2 Å². The number of hydrogen-bond acceptors (Lipinski definition) is 2. The summed E-state index contributed by atoms with van der Waals surface area (Å²) in [5.74, 6) is -3.08. The van der Waals surface area contributed by atoms with Crippen LogP contribution in [0.15, 0.2) is 18.2 Å². The molecule has 1 aliphatic heterocycles. The van der Waals surface area contributed by atoms with E-state index < -0.39 is 35.4 Å². The van der Waals surface area contributed by atoms with Gasteiger partial charge in [-0.2, -0.15) is 0 Å². The fraction of sp³-hybridized carbons (Fsp3) is 0.462. The summed E-state index contributed by atoms with van der Waals surface area (Å²) in [6.45, 7) is 0.570. The zero-order chi connectivity index (χ0) is 14.3. The number of halogens is 3. The molecule has 0 spiro atoms. The second-order valence-corrected chi connectivity index (χ2v) is 5.01. The Labute approximate surface area is 108 Å². The lowest BCUT2D eigenvalue weighted by Gasteiger charge is -2.40. The minimum atomic E-state index is -2.36. The molecule has 2 atom stereocenters. The van der Waals surface area contributed by atoms with Gasteiger partial charge in [0.1, 0.15) is 0 Å². The van der Waals surface area contributed by atoms with Crippen molar-refractivity contribution in [1.29, 1.82) is 0 Å². The van der Waals surface area contributed by atoms with Crippen molar-refractivity contribution >= 4 is 5.91 Å². The van der Waals surface area contributed by atoms with Gasteiger partial charge in [-0.3, -0.25) is 4.79 Å². The van der Waals surface area contributed by atoms with E-state index in [9.17, 15) is 18.0 Å². The van der Waals surface area contributed by atoms with Crippen LogP contribution in [0.3, 0.4) is 0 Å². The van der Waals surface area contributed by atoms with Crippen LogP contribution >= 0.6 is 0 Å². The summed E-state index contributed by atoms with van der Waals surface area (Å²) in [6.07, 6.45) is -0.183. The zero-order valence-corrected chi connectivity index (χ0v) is 10.3. The lowest BCUT2D eigenvalue weighted by molar-refractivity contribution is -0.142. The van der Waals surface area contributed by atoms with Crippen LogP contribution in [0.1, 0.15) is 25.3 Å². The van der Waals surface area contributed by atoms with Crippen LogP contribution in [-0.4, -0.2) is 23.3 Å². The standard InChI is InChI=1S/C13H14F3NO2/c1-12(8-3-2-4-9(14)10(8)15)5-6-13(16,7-18)11(19)17-12/h2-4,18H,5-7H2,1H3,(H,17,19)/t12-,13?/m0/s1. The van der Waals surface area contributed by atoms with E-state index in [1.165, 1.54) is 19.1 Å². The van der Waals surface area contributed by atoms with Gasteiger partial charge < -0.3 is 10.4 Å². The Morgan fingerprint density at radius 3 is 2.63 bits per heavy atom. The van der Waals surface area contributed by atoms with Gasteiger partial charge >= 0.3 is 0 Å². The van der Waals surface area contributed by atoms with Crippen LogP contribution < -0.4 is 5.32 Å². The number of aliphatic hydroxyl groups excluding tert-OH is 1. The maximum atomic E-state index is 13.9. The van der Waals surface area contributed by atoms with Crippen LogP contribution in [-0.2, 0) is 10.3 Å². The van der Waals surface area contributed by atoms with Gasteiger partial charge in [-0.1, -0.05) is 12.1 Å². The summed E-state index contributed by atoms with van der Waals surface area (Å²) in [5.41, 5.74) is -3.57. The summed E-state index contributed by atoms with van der Waals surface area (Å²) >= 11 is 0. The lowest BCUT2D eigenvalue weighted by atomic mass is 9.79. The normalized spacial score (nSPS) is 31.1. The van der Waals surface area contributed by atoms with Crippen molar-refractivity contribution in [2.45, 2.75) is 31.0 Å². The third-order valence-corrected chi connectivity index (χ3v) is 3.61. The first-order valence-corrected chi connectivity index (χ1v) is 5.89. The Bertz CT molecular complexity index is 523. The molecular formula is C13H14F3NO2. The summed E-state index contributed by atoms with van der Waals surface area (Å²) in [4.78, 5) is 11.7. The molecule has 1 amide bonds. The summed E-state index contributed by atoms with van der Waals surface area (Å²) in [7, 11) is 0. The Balaban J connectivity index is 2.36. The number of carbonyl (C=O) groups excluding carboxylic acids is 1. The van der Waals surface area contributed by atoms with Crippen molar-refractivity contribution in [2.75, 3.05) is 6.61 Å². The first-order chi connectivity index (χ1) is 8.82. The molecule has 2 rings (SSSR count). The van der Waals surface area contributed by atoms with E-state index >= 15 is 0 Å². The first-order valence-electron chi connectivity index (χ1n) is 5.89. The Morgan fingerprint density at radius 1 is 1.37 bits per heavy atom. The van der Waals surface area contributed by atoms with Crippen LogP contribution in [0.2, 0.25) is 0 Å². The van der Waals surface area contributed by atoms with Gasteiger partial charge in [0, 0.05) is 5.56 Å². The summed E-state index contributed by atoms with van der Waals surface area (Å²) in [6, 6.07) is 3.65. The van der Waals surface area contributed by atoms with E-state index in [4.69, 9.17) is 5.11 Å². The molecule has 6 heteroatoms. The van der Waals surface area contributed by atoms with Crippen LogP contribution in [0, 0.1) is 11.6 Å². The van der Waals surface area contributed by atoms with Crippen molar-refractivity contribution in [3.8, 4) is 0 Å². The van der Waals surface area contributed by atoms with Gasteiger partial charge in [0.15, 0.2) is 11.6 Å². The van der Waals surface area contributed by atoms with Crippen molar-refractivity contribution in [2.24, 2.45) is 0 Å². The fourth-order valence-corrected chi connectivity index (χ4v) is 2.27. The second-order valence-electron chi connectivity index (χ2n) is 5.01. The number of aliphatic hydroxyl groups is 1. The summed E-state index contributed by atoms with van der Waals surface area (Å²) < 4.78 is 40.9. The van der Waals surface area contributed by atoms with E-state index in [1.54, 1.807) is 0 Å². The molecule has 0 aliphatic carbocycles. The van der Waals surface area contributed by atoms with E-state index in [2.05, 4.69) is 5.32 Å². The van der Waals surface area contributed by atoms with E-state index in [0.717, 1.165) is 6.07 Å². The molecule has 19 heavy (non-hydrogen) atoms. The van der Waals surface area contributed by atoms with Crippen molar-refractivity contribution in [3.63, 3.8) is 0 Å². The molecular weight excluding hydrogens is 259 g/mol. The highest BCUT2D eigenvalue weighted by Crippen LogP contribution is 2.37. The number of amides is 1. The van der Waals surface area contributed by atoms with Gasteiger partial charge in [0.2, 0.25) is 5.67 Å². The first kappa shape index (κ1) is 13.9. The second kappa shape index (κ2) is 4.52. The molecule has 0 aromatic heterocycles. The minimum Gasteiger partial charge on any atom is -0.392 e. The van der Waals surface area contributed by atoms with Crippen molar-refractivity contribution in [1.82, 2.24) is 5.32 Å². The number of carbonyl (C=O) groups is 1. The molecule has 1 aliphatic rings. The number of alkyl halides is 1. The number of piperidine rings is 1. The Kier molecular flexibility index (Phi) is 3.30. The van der Waals surface area contributed by atoms with Crippen LogP contribution in [0.25, 0.3) is 0 Å². The molecule has 1 fully saturated rings. The Hall–Kier alpha value is -1.56. The molecule has 0 bridgehead atoms. The monoisotopic (exact) mass is 273 g/mol. The largest absolute Gasteiger partial charge is 0.392 e. The third kappa shape index (κ3) is 2.20. The zero-order valence-electron chi connectivity index (χ0n) is 10.3. The van der Waals surface area contributed by atoms with Crippen molar-refractivity contribution in [3.05, 3.63) is 35.4 Å². The average Bonchev–Trinajstić information content (AvgIpc) is 2.38. The smallest absolute Gasteiger partial charge is 0.260 e. The predicted molar refractivity (Wildman–Crippen MR) is 62.0 cm³/mol. The molecule has 104 valence electrons. The highest BCUT2D eigenvalue weighted by Gasteiger charge is 2.48. The van der Waals surface area contributed by atoms with Crippen LogP contribution in [0.5, 0.6) is 0 Å². The molecule has 1 heterocycles. The fourth-order valence-electron chi connectivity index (χ4n) is 2.27. The maximum Gasteiger partial charge on any atom is 0.260 e. The SMILES string of the molecule is C[C@@]1(c2cccc(F)c2F)CCC(F)(CO)C(=O)N1. The van der Waals surface area contributed by atoms with Gasteiger partial charge in [-0.15, -0.1) is 0 Å². The minimum absolute atomic E-state index is 0.0270. The number of benzene rings is 1. The van der Waals surface area contributed by atoms with Crippen molar-refractivity contribution < 1.29 is 23.1 Å². The average molecular weight is 273 g/mol. The van der Waals surface area contributed by atoms with Gasteiger partial charge in [0.05, 0.1) is 12.1 Å². The number of hydrogen-bond donors (Lipinski definition) is 2. The highest BCUT2D eigenvalue weighted by atomic mass is 19.2. The molecule has 1 saturated heterocycles. The molecule has 0 saturated carbocycles. The Morgan fingerprint density at radius 2 is 2.05 bits per heavy atom. The molecule has 3 nitrogen and oxygen atoms in total. The van der Waals surface area contributed by atoms with Gasteiger partial charge in [-0.05, 0) is 25.8 Å². The lowest BCUT2D eigenvalue weighted by Crippen LogP contribution is -2.59. The third-order valence-electron chi connectivity index (χ3n) is 3.61. The van der Waals surface area contributed by atoms with Gasteiger partial charge in [-0.25, -0.2) is 13.2 Å². The van der Waals surface area contributed by atoms with E-state index in [-0.39, 0.29) is 18.4 Å². The quantitative estimate of drug-likeness (QED) is 0.863. The maximum absolute atomic E-state index is 13.9. The highest BCUT2D eigenvalue weighted by molar-refractivity contribution is 5.87. The topological polar surface area (TPSA) is 49.3 Å². The predicted octanol–water partition coefficient (Wildman–Crippen LogP) is 1.79. The summed E-state index contributed by atoms with van der Waals surface area (Å²) in [5, 5.41) is 11.2. The van der Waals surface area contributed by atoms with Gasteiger partial charge in [0.25, 0.3) is 5.91 Å². The molecule has 2 N–H and O–H groups in total. The van der Waals surface area contributed by atoms with E-state index in [1.807, 2.05) is 0 Å². The molecule has 1 aromatic carbocycles. The molecule has 1 unspecified atom stereocenters.